The summed E-state index contributed by atoms with van der Waals surface area (Å²) in [5, 5.41) is 2.67. The van der Waals surface area contributed by atoms with Crippen molar-refractivity contribution in [2.24, 2.45) is 0 Å². The van der Waals surface area contributed by atoms with E-state index in [1.54, 1.807) is 0 Å². The molecule has 0 radical (unpaired) electrons. The van der Waals surface area contributed by atoms with Gasteiger partial charge in [0.1, 0.15) is 4.90 Å². The van der Waals surface area contributed by atoms with Crippen molar-refractivity contribution >= 4 is 21.9 Å². The maximum atomic E-state index is 11.8. The van der Waals surface area contributed by atoms with Gasteiger partial charge in [-0.25, -0.2) is 23.1 Å². The number of carbonyl (C=O) groups excluding carboxylic acids is 1. The minimum atomic E-state index is -3.66. The highest BCUT2D eigenvalue weighted by atomic mass is 32.2. The van der Waals surface area contributed by atoms with E-state index in [9.17, 15) is 13.2 Å². The molecular formula is C9H13N5O3S. The second-order valence-electron chi connectivity index (χ2n) is 3.93. The summed E-state index contributed by atoms with van der Waals surface area (Å²) >= 11 is 0. The summed E-state index contributed by atoms with van der Waals surface area (Å²) in [7, 11) is -3.66. The third-order valence-corrected chi connectivity index (χ3v) is 3.94. The molecule has 1 aliphatic rings. The Balaban J connectivity index is 1.99. The minimum Gasteiger partial charge on any atom is -0.368 e. The lowest BCUT2D eigenvalue weighted by atomic mass is 10.2. The molecule has 9 heteroatoms. The predicted molar refractivity (Wildman–Crippen MR) is 62.8 cm³/mol. The first-order valence-corrected chi connectivity index (χ1v) is 6.82. The van der Waals surface area contributed by atoms with E-state index in [0.29, 0.717) is 12.8 Å². The van der Waals surface area contributed by atoms with Gasteiger partial charge in [-0.05, 0) is 6.42 Å². The number of anilines is 1. The molecule has 1 aromatic heterocycles. The predicted octanol–water partition coefficient (Wildman–Crippen LogP) is -1.38. The van der Waals surface area contributed by atoms with Crippen molar-refractivity contribution < 1.29 is 13.2 Å². The fraction of sp³-hybridized carbons (Fsp3) is 0.444. The highest BCUT2D eigenvalue weighted by molar-refractivity contribution is 7.89. The monoisotopic (exact) mass is 271 g/mol. The van der Waals surface area contributed by atoms with Crippen LogP contribution in [0, 0.1) is 0 Å². The Kier molecular flexibility index (Phi) is 3.43. The van der Waals surface area contributed by atoms with Crippen molar-refractivity contribution in [2.75, 3.05) is 12.3 Å². The van der Waals surface area contributed by atoms with E-state index in [1.165, 1.54) is 0 Å². The van der Waals surface area contributed by atoms with Gasteiger partial charge in [-0.15, -0.1) is 0 Å². The van der Waals surface area contributed by atoms with Gasteiger partial charge in [0.15, 0.2) is 0 Å². The van der Waals surface area contributed by atoms with Gasteiger partial charge < -0.3 is 11.1 Å². The number of hydrogen-bond acceptors (Lipinski definition) is 6. The fourth-order valence-electron chi connectivity index (χ4n) is 1.59. The Morgan fingerprint density at radius 1 is 1.44 bits per heavy atom. The molecule has 1 amide bonds. The Morgan fingerprint density at radius 3 is 2.67 bits per heavy atom. The van der Waals surface area contributed by atoms with Crippen LogP contribution in [0.25, 0.3) is 0 Å². The zero-order valence-corrected chi connectivity index (χ0v) is 10.3. The summed E-state index contributed by atoms with van der Waals surface area (Å²) in [5.74, 6) is -0.0491. The minimum absolute atomic E-state index is 0.0111. The molecule has 0 spiro atoms. The molecule has 0 aliphatic carbocycles. The first kappa shape index (κ1) is 12.7. The first-order valence-electron chi connectivity index (χ1n) is 5.34. The Bertz CT molecular complexity index is 542. The standard InChI is InChI=1S/C9H13N5O3S/c10-9-11-4-7(5-12-9)18(16,17)13-3-6-1-2-8(15)14-6/h4-6,13H,1-3H2,(H,14,15)(H2,10,11,12). The quantitative estimate of drug-likeness (QED) is 0.619. The molecule has 1 saturated heterocycles. The Hall–Kier alpha value is -1.74. The third-order valence-electron chi connectivity index (χ3n) is 2.56. The third kappa shape index (κ3) is 2.93. The molecule has 8 nitrogen and oxygen atoms in total. The van der Waals surface area contributed by atoms with E-state index in [2.05, 4.69) is 20.0 Å². The highest BCUT2D eigenvalue weighted by Crippen LogP contribution is 2.09. The number of nitrogen functional groups attached to an aromatic ring is 1. The second kappa shape index (κ2) is 4.86. The van der Waals surface area contributed by atoms with Gasteiger partial charge in [0.25, 0.3) is 0 Å². The normalized spacial score (nSPS) is 19.8. The number of nitrogens with one attached hydrogen (secondary N) is 2. The van der Waals surface area contributed by atoms with Gasteiger partial charge in [0.05, 0.1) is 12.4 Å². The summed E-state index contributed by atoms with van der Waals surface area (Å²) in [5.41, 5.74) is 5.27. The van der Waals surface area contributed by atoms with E-state index in [4.69, 9.17) is 5.73 Å². The lowest BCUT2D eigenvalue weighted by Gasteiger charge is -2.11. The van der Waals surface area contributed by atoms with Gasteiger partial charge in [0.2, 0.25) is 21.9 Å². The van der Waals surface area contributed by atoms with Crippen LogP contribution in [0.5, 0.6) is 0 Å². The number of nitrogens with two attached hydrogens (primary N) is 1. The molecule has 1 fully saturated rings. The summed E-state index contributed by atoms with van der Waals surface area (Å²) in [6.07, 6.45) is 3.33. The van der Waals surface area contributed by atoms with Crippen LogP contribution in [0.4, 0.5) is 5.95 Å². The van der Waals surface area contributed by atoms with Crippen LogP contribution in [-0.4, -0.2) is 36.9 Å². The molecule has 98 valence electrons. The second-order valence-corrected chi connectivity index (χ2v) is 5.70. The molecule has 4 N–H and O–H groups in total. The van der Waals surface area contributed by atoms with Crippen molar-refractivity contribution in [3.05, 3.63) is 12.4 Å². The van der Waals surface area contributed by atoms with Crippen LogP contribution in [0.15, 0.2) is 17.3 Å². The molecule has 1 aromatic rings. The largest absolute Gasteiger partial charge is 0.368 e. The fourth-order valence-corrected chi connectivity index (χ4v) is 2.56. The molecule has 2 heterocycles. The molecule has 1 unspecified atom stereocenters. The summed E-state index contributed by atoms with van der Waals surface area (Å²) in [4.78, 5) is 18.1. The van der Waals surface area contributed by atoms with E-state index < -0.39 is 10.0 Å². The zero-order chi connectivity index (χ0) is 13.2. The number of carbonyl (C=O) groups is 1. The van der Waals surface area contributed by atoms with Crippen molar-refractivity contribution in [2.45, 2.75) is 23.8 Å². The van der Waals surface area contributed by atoms with Crippen molar-refractivity contribution in [3.63, 3.8) is 0 Å². The van der Waals surface area contributed by atoms with Crippen LogP contribution < -0.4 is 15.8 Å². The number of nitrogens with zero attached hydrogens (tertiary/aromatic N) is 2. The molecular weight excluding hydrogens is 258 g/mol. The number of hydrogen-bond donors (Lipinski definition) is 3. The lowest BCUT2D eigenvalue weighted by Crippen LogP contribution is -2.38. The van der Waals surface area contributed by atoms with E-state index in [0.717, 1.165) is 12.4 Å². The Labute approximate surface area is 104 Å². The van der Waals surface area contributed by atoms with Crippen LogP contribution >= 0.6 is 0 Å². The average Bonchev–Trinajstić information content (AvgIpc) is 2.73. The van der Waals surface area contributed by atoms with Gasteiger partial charge in [0, 0.05) is 19.0 Å². The van der Waals surface area contributed by atoms with Crippen LogP contribution in [0.1, 0.15) is 12.8 Å². The van der Waals surface area contributed by atoms with Gasteiger partial charge in [-0.1, -0.05) is 0 Å². The number of aromatic nitrogens is 2. The van der Waals surface area contributed by atoms with Gasteiger partial charge >= 0.3 is 0 Å². The number of amides is 1. The number of rotatable bonds is 4. The average molecular weight is 271 g/mol. The topological polar surface area (TPSA) is 127 Å². The van der Waals surface area contributed by atoms with Crippen molar-refractivity contribution in [1.29, 1.82) is 0 Å². The maximum absolute atomic E-state index is 11.8. The zero-order valence-electron chi connectivity index (χ0n) is 9.46. The summed E-state index contributed by atoms with van der Waals surface area (Å²) < 4.78 is 26.1. The van der Waals surface area contributed by atoms with E-state index in [-0.39, 0.29) is 29.3 Å². The summed E-state index contributed by atoms with van der Waals surface area (Å²) in [6, 6.07) is -0.165. The van der Waals surface area contributed by atoms with Crippen LogP contribution in [-0.2, 0) is 14.8 Å². The highest BCUT2D eigenvalue weighted by Gasteiger charge is 2.23. The molecule has 1 atom stereocenters. The molecule has 0 saturated carbocycles. The molecule has 2 rings (SSSR count). The molecule has 18 heavy (non-hydrogen) atoms. The van der Waals surface area contributed by atoms with Crippen LogP contribution in [0.2, 0.25) is 0 Å². The smallest absolute Gasteiger partial charge is 0.243 e. The van der Waals surface area contributed by atoms with Gasteiger partial charge in [-0.3, -0.25) is 4.79 Å². The van der Waals surface area contributed by atoms with Crippen molar-refractivity contribution in [1.82, 2.24) is 20.0 Å². The summed E-state index contributed by atoms with van der Waals surface area (Å²) in [6.45, 7) is 0.151. The lowest BCUT2D eigenvalue weighted by molar-refractivity contribution is -0.119. The molecule has 1 aliphatic heterocycles. The van der Waals surface area contributed by atoms with Crippen molar-refractivity contribution in [3.8, 4) is 0 Å². The van der Waals surface area contributed by atoms with Gasteiger partial charge in [-0.2, -0.15) is 0 Å². The van der Waals surface area contributed by atoms with Crippen LogP contribution in [0.3, 0.4) is 0 Å². The Morgan fingerprint density at radius 2 is 2.11 bits per heavy atom. The molecule has 0 aromatic carbocycles. The van der Waals surface area contributed by atoms with E-state index >= 15 is 0 Å². The maximum Gasteiger partial charge on any atom is 0.243 e. The number of sulfonamides is 1. The molecule has 0 bridgehead atoms. The SMILES string of the molecule is Nc1ncc(S(=O)(=O)NCC2CCC(=O)N2)cn1. The first-order chi connectivity index (χ1) is 8.47. The van der Waals surface area contributed by atoms with E-state index in [1.807, 2.05) is 0 Å².